The first-order valence-electron chi connectivity index (χ1n) is 8.23. The number of carbonyl (C=O) groups is 2. The summed E-state index contributed by atoms with van der Waals surface area (Å²) in [6.45, 7) is 8.09. The Morgan fingerprint density at radius 3 is 2.52 bits per heavy atom. The molecule has 0 aliphatic heterocycles. The molecule has 0 unspecified atom stereocenters. The van der Waals surface area contributed by atoms with Crippen LogP contribution in [-0.4, -0.2) is 28.8 Å². The molecule has 1 aromatic carbocycles. The van der Waals surface area contributed by atoms with E-state index in [0.29, 0.717) is 18.0 Å². The van der Waals surface area contributed by atoms with Crippen LogP contribution >= 0.6 is 11.6 Å². The molecule has 0 spiro atoms. The summed E-state index contributed by atoms with van der Waals surface area (Å²) in [4.78, 5) is 26.5. The van der Waals surface area contributed by atoms with Gasteiger partial charge in [0.1, 0.15) is 6.04 Å². The first-order chi connectivity index (χ1) is 10.9. The van der Waals surface area contributed by atoms with Gasteiger partial charge in [-0.15, -0.1) is 0 Å². The predicted molar refractivity (Wildman–Crippen MR) is 94.3 cm³/mol. The first-order valence-corrected chi connectivity index (χ1v) is 8.61. The minimum Gasteiger partial charge on any atom is -0.352 e. The van der Waals surface area contributed by atoms with Crippen LogP contribution in [0.4, 0.5) is 0 Å². The van der Waals surface area contributed by atoms with Crippen LogP contribution in [0, 0.1) is 0 Å². The molecule has 5 heteroatoms. The number of rotatable bonds is 8. The summed E-state index contributed by atoms with van der Waals surface area (Å²) in [5.74, 6) is -0.134. The summed E-state index contributed by atoms with van der Waals surface area (Å²) in [5.41, 5.74) is 0.921. The molecular formula is C18H27ClN2O2. The lowest BCUT2D eigenvalue weighted by Gasteiger charge is -2.29. The van der Waals surface area contributed by atoms with E-state index in [2.05, 4.69) is 5.32 Å². The van der Waals surface area contributed by atoms with Crippen LogP contribution in [-0.2, 0) is 16.1 Å². The second-order valence-corrected chi connectivity index (χ2v) is 6.33. The summed E-state index contributed by atoms with van der Waals surface area (Å²) < 4.78 is 0. The summed E-state index contributed by atoms with van der Waals surface area (Å²) in [6.07, 6.45) is 2.04. The van der Waals surface area contributed by atoms with Gasteiger partial charge in [0.05, 0.1) is 0 Å². The zero-order valence-corrected chi connectivity index (χ0v) is 15.2. The van der Waals surface area contributed by atoms with Gasteiger partial charge in [-0.05, 0) is 44.4 Å². The fourth-order valence-corrected chi connectivity index (χ4v) is 2.45. The van der Waals surface area contributed by atoms with Crippen LogP contribution in [0.3, 0.4) is 0 Å². The SMILES string of the molecule is CCCC(=O)N(Cc1cccc(Cl)c1)[C@H](C)C(=O)N[C@@H](C)CC. The normalized spacial score (nSPS) is 13.3. The van der Waals surface area contributed by atoms with Gasteiger partial charge in [0.2, 0.25) is 11.8 Å². The maximum absolute atomic E-state index is 12.4. The minimum atomic E-state index is -0.512. The average molecular weight is 339 g/mol. The highest BCUT2D eigenvalue weighted by molar-refractivity contribution is 6.30. The Kier molecular flexibility index (Phi) is 8.10. The van der Waals surface area contributed by atoms with Gasteiger partial charge in [0.15, 0.2) is 0 Å². The summed E-state index contributed by atoms with van der Waals surface area (Å²) in [6, 6.07) is 6.97. The molecule has 0 aliphatic rings. The zero-order chi connectivity index (χ0) is 17.4. The Morgan fingerprint density at radius 2 is 1.96 bits per heavy atom. The maximum Gasteiger partial charge on any atom is 0.242 e. The Morgan fingerprint density at radius 1 is 1.26 bits per heavy atom. The Balaban J connectivity index is 2.91. The van der Waals surface area contributed by atoms with Crippen molar-refractivity contribution in [3.8, 4) is 0 Å². The third-order valence-corrected chi connectivity index (χ3v) is 4.11. The molecule has 1 aromatic rings. The fourth-order valence-electron chi connectivity index (χ4n) is 2.24. The van der Waals surface area contributed by atoms with Gasteiger partial charge in [0, 0.05) is 24.0 Å². The molecule has 2 amide bonds. The van der Waals surface area contributed by atoms with Crippen molar-refractivity contribution in [2.24, 2.45) is 0 Å². The number of carbonyl (C=O) groups excluding carboxylic acids is 2. The number of hydrogen-bond donors (Lipinski definition) is 1. The fraction of sp³-hybridized carbons (Fsp3) is 0.556. The predicted octanol–water partition coefficient (Wildman–Crippen LogP) is 3.77. The number of hydrogen-bond acceptors (Lipinski definition) is 2. The third kappa shape index (κ3) is 6.22. The number of nitrogens with one attached hydrogen (secondary N) is 1. The van der Waals surface area contributed by atoms with E-state index in [1.165, 1.54) is 0 Å². The van der Waals surface area contributed by atoms with Crippen molar-refractivity contribution in [2.45, 2.75) is 65.6 Å². The van der Waals surface area contributed by atoms with Crippen molar-refractivity contribution in [3.05, 3.63) is 34.9 Å². The molecule has 0 saturated heterocycles. The smallest absolute Gasteiger partial charge is 0.242 e. The Labute approximate surface area is 144 Å². The molecule has 0 heterocycles. The highest BCUT2D eigenvalue weighted by atomic mass is 35.5. The standard InChI is InChI=1S/C18H27ClN2O2/c1-5-8-17(22)21(12-15-9-7-10-16(19)11-15)14(4)18(23)20-13(3)6-2/h7,9-11,13-14H,5-6,8,12H2,1-4H3,(H,20,23)/t13-,14+/m0/s1. The van der Waals surface area contributed by atoms with Crippen molar-refractivity contribution in [2.75, 3.05) is 0 Å². The topological polar surface area (TPSA) is 49.4 Å². The van der Waals surface area contributed by atoms with Gasteiger partial charge < -0.3 is 10.2 Å². The van der Waals surface area contributed by atoms with Gasteiger partial charge in [0.25, 0.3) is 0 Å². The first kappa shape index (κ1) is 19.5. The van der Waals surface area contributed by atoms with E-state index in [1.54, 1.807) is 17.9 Å². The third-order valence-electron chi connectivity index (χ3n) is 3.87. The van der Waals surface area contributed by atoms with E-state index in [1.807, 2.05) is 39.0 Å². The molecule has 0 saturated carbocycles. The van der Waals surface area contributed by atoms with Crippen LogP contribution in [0.5, 0.6) is 0 Å². The lowest BCUT2D eigenvalue weighted by molar-refractivity contribution is -0.140. The monoisotopic (exact) mass is 338 g/mol. The van der Waals surface area contributed by atoms with E-state index < -0.39 is 6.04 Å². The van der Waals surface area contributed by atoms with Crippen LogP contribution in [0.1, 0.15) is 52.5 Å². The Bertz CT molecular complexity index is 534. The van der Waals surface area contributed by atoms with Crippen LogP contribution in [0.25, 0.3) is 0 Å². The lowest BCUT2D eigenvalue weighted by Crippen LogP contribution is -2.49. The number of nitrogens with zero attached hydrogens (tertiary/aromatic N) is 1. The molecule has 0 fully saturated rings. The maximum atomic E-state index is 12.4. The van der Waals surface area contributed by atoms with E-state index >= 15 is 0 Å². The second-order valence-electron chi connectivity index (χ2n) is 5.90. The van der Waals surface area contributed by atoms with Crippen molar-refractivity contribution in [3.63, 3.8) is 0 Å². The molecule has 0 radical (unpaired) electrons. The molecule has 2 atom stereocenters. The van der Waals surface area contributed by atoms with E-state index in [0.717, 1.165) is 18.4 Å². The van der Waals surface area contributed by atoms with E-state index in [4.69, 9.17) is 11.6 Å². The van der Waals surface area contributed by atoms with Crippen LogP contribution in [0.15, 0.2) is 24.3 Å². The van der Waals surface area contributed by atoms with Crippen LogP contribution in [0.2, 0.25) is 5.02 Å². The molecule has 0 bridgehead atoms. The molecule has 128 valence electrons. The number of benzene rings is 1. The van der Waals surface area contributed by atoms with E-state index in [9.17, 15) is 9.59 Å². The van der Waals surface area contributed by atoms with Crippen molar-refractivity contribution >= 4 is 23.4 Å². The summed E-state index contributed by atoms with van der Waals surface area (Å²) in [7, 11) is 0. The molecule has 0 aromatic heterocycles. The van der Waals surface area contributed by atoms with Gasteiger partial charge in [-0.1, -0.05) is 37.6 Å². The molecule has 0 aliphatic carbocycles. The number of amides is 2. The highest BCUT2D eigenvalue weighted by Gasteiger charge is 2.26. The van der Waals surface area contributed by atoms with Gasteiger partial charge in [-0.25, -0.2) is 0 Å². The van der Waals surface area contributed by atoms with E-state index in [-0.39, 0.29) is 17.9 Å². The molecule has 1 N–H and O–H groups in total. The van der Waals surface area contributed by atoms with Gasteiger partial charge >= 0.3 is 0 Å². The molecular weight excluding hydrogens is 312 g/mol. The van der Waals surface area contributed by atoms with Gasteiger partial charge in [-0.2, -0.15) is 0 Å². The summed E-state index contributed by atoms with van der Waals surface area (Å²) >= 11 is 6.02. The zero-order valence-electron chi connectivity index (χ0n) is 14.4. The largest absolute Gasteiger partial charge is 0.352 e. The number of halogens is 1. The van der Waals surface area contributed by atoms with Crippen LogP contribution < -0.4 is 5.32 Å². The highest BCUT2D eigenvalue weighted by Crippen LogP contribution is 2.16. The second kappa shape index (κ2) is 9.56. The lowest BCUT2D eigenvalue weighted by atomic mass is 10.1. The quantitative estimate of drug-likeness (QED) is 0.784. The molecule has 23 heavy (non-hydrogen) atoms. The molecule has 4 nitrogen and oxygen atoms in total. The average Bonchev–Trinajstić information content (AvgIpc) is 2.52. The van der Waals surface area contributed by atoms with Crippen molar-refractivity contribution in [1.82, 2.24) is 10.2 Å². The van der Waals surface area contributed by atoms with Crippen molar-refractivity contribution in [1.29, 1.82) is 0 Å². The summed E-state index contributed by atoms with van der Waals surface area (Å²) in [5, 5.41) is 3.57. The van der Waals surface area contributed by atoms with Gasteiger partial charge in [-0.3, -0.25) is 9.59 Å². The molecule has 1 rings (SSSR count). The minimum absolute atomic E-state index is 0.0146. The van der Waals surface area contributed by atoms with Crippen molar-refractivity contribution < 1.29 is 9.59 Å². The Hall–Kier alpha value is -1.55.